The topological polar surface area (TPSA) is 112 Å². The second kappa shape index (κ2) is 15.1. The molecule has 0 fully saturated rings. The number of halogens is 5. The Labute approximate surface area is 319 Å². The standard InChI is InChI=1S/C39H34Cl2F3N7O3/c1-22-14-31(51(18-23-4-8-27(52-2)9-5-23)19-24-6-10-28(53-3)11-7-24)49-35(33(22)39(42,43)44)29-16-30-32-36(34(29)41)54-13-12-50(38(32)48-21-47-30)20-25-15-26(40)17-46-37(25)45/h4-11,14-17,21H,12-13,18-20H2,1-3H3,(H2,45,46). The minimum absolute atomic E-state index is 0.0201. The third kappa shape index (κ3) is 7.46. The van der Waals surface area contributed by atoms with Gasteiger partial charge >= 0.3 is 6.18 Å². The molecule has 3 aromatic heterocycles. The predicted octanol–water partition coefficient (Wildman–Crippen LogP) is 8.93. The van der Waals surface area contributed by atoms with Gasteiger partial charge in [0.15, 0.2) is 5.75 Å². The molecule has 0 bridgehead atoms. The normalized spacial score (nSPS) is 12.7. The SMILES string of the molecule is COc1ccc(CN(Cc2ccc(OC)cc2)c2cc(C)c(C(F)(F)F)c(-c3cc4ncnc5c4c(c3Cl)OCCN5Cc3cc(Cl)cnc3N)n2)cc1. The van der Waals surface area contributed by atoms with E-state index in [4.69, 9.17) is 48.1 Å². The van der Waals surface area contributed by atoms with Crippen LogP contribution in [0.25, 0.3) is 22.2 Å². The largest absolute Gasteiger partial charge is 0.497 e. The van der Waals surface area contributed by atoms with Crippen molar-refractivity contribution < 1.29 is 27.4 Å². The molecule has 0 spiro atoms. The Morgan fingerprint density at radius 2 is 1.56 bits per heavy atom. The van der Waals surface area contributed by atoms with Crippen LogP contribution < -0.4 is 29.7 Å². The molecule has 7 rings (SSSR count). The number of nitrogens with zero attached hydrogens (tertiary/aromatic N) is 6. The van der Waals surface area contributed by atoms with E-state index in [0.717, 1.165) is 11.1 Å². The average molecular weight is 777 g/mol. The zero-order valence-electron chi connectivity index (χ0n) is 29.4. The fourth-order valence-electron chi connectivity index (χ4n) is 6.53. The highest BCUT2D eigenvalue weighted by Crippen LogP contribution is 2.48. The van der Waals surface area contributed by atoms with Gasteiger partial charge in [0.2, 0.25) is 0 Å². The van der Waals surface area contributed by atoms with Crippen LogP contribution in [0.2, 0.25) is 10.0 Å². The molecule has 3 aromatic carbocycles. The lowest BCUT2D eigenvalue weighted by Crippen LogP contribution is -2.27. The van der Waals surface area contributed by atoms with Crippen LogP contribution in [0.15, 0.2) is 79.3 Å². The van der Waals surface area contributed by atoms with Crippen LogP contribution in [-0.4, -0.2) is 47.3 Å². The molecule has 0 atom stereocenters. The first-order chi connectivity index (χ1) is 25.9. The molecule has 6 aromatic rings. The van der Waals surface area contributed by atoms with Gasteiger partial charge in [0.1, 0.15) is 41.9 Å². The Hall–Kier alpha value is -5.53. The van der Waals surface area contributed by atoms with Gasteiger partial charge in [-0.2, -0.15) is 13.2 Å². The number of methoxy groups -OCH3 is 2. The zero-order valence-corrected chi connectivity index (χ0v) is 30.9. The van der Waals surface area contributed by atoms with E-state index in [9.17, 15) is 0 Å². The summed E-state index contributed by atoms with van der Waals surface area (Å²) in [7, 11) is 3.16. The Bertz CT molecular complexity index is 2280. The maximum atomic E-state index is 15.0. The summed E-state index contributed by atoms with van der Waals surface area (Å²) in [5.41, 5.74) is 7.67. The van der Waals surface area contributed by atoms with Crippen LogP contribution in [0, 0.1) is 6.92 Å². The summed E-state index contributed by atoms with van der Waals surface area (Å²) < 4.78 is 62.0. The molecule has 10 nitrogen and oxygen atoms in total. The molecule has 0 saturated heterocycles. The van der Waals surface area contributed by atoms with Gasteiger partial charge in [-0.25, -0.2) is 19.9 Å². The zero-order chi connectivity index (χ0) is 38.1. The van der Waals surface area contributed by atoms with Crippen molar-refractivity contribution in [3.63, 3.8) is 0 Å². The highest BCUT2D eigenvalue weighted by molar-refractivity contribution is 6.36. The maximum Gasteiger partial charge on any atom is 0.418 e. The van der Waals surface area contributed by atoms with Gasteiger partial charge < -0.3 is 29.7 Å². The van der Waals surface area contributed by atoms with E-state index in [1.807, 2.05) is 58.3 Å². The highest BCUT2D eigenvalue weighted by atomic mass is 35.5. The second-order valence-corrected chi connectivity index (χ2v) is 13.5. The first-order valence-corrected chi connectivity index (χ1v) is 17.5. The van der Waals surface area contributed by atoms with Gasteiger partial charge in [0, 0.05) is 37.0 Å². The minimum Gasteiger partial charge on any atom is -0.497 e. The van der Waals surface area contributed by atoms with Crippen molar-refractivity contribution in [2.24, 2.45) is 0 Å². The predicted molar refractivity (Wildman–Crippen MR) is 204 cm³/mol. The highest BCUT2D eigenvalue weighted by Gasteiger charge is 2.39. The molecule has 1 aliphatic rings. The quantitative estimate of drug-likeness (QED) is 0.145. The van der Waals surface area contributed by atoms with E-state index in [2.05, 4.69) is 15.0 Å². The van der Waals surface area contributed by atoms with Gasteiger partial charge in [-0.05, 0) is 66.1 Å². The van der Waals surface area contributed by atoms with Gasteiger partial charge in [-0.15, -0.1) is 0 Å². The summed E-state index contributed by atoms with van der Waals surface area (Å²) in [6.45, 7) is 2.85. The summed E-state index contributed by atoms with van der Waals surface area (Å²) >= 11 is 13.3. The molecular formula is C39H34Cl2F3N7O3. The molecule has 15 heteroatoms. The van der Waals surface area contributed by atoms with Crippen LogP contribution in [0.3, 0.4) is 0 Å². The molecule has 0 aliphatic carbocycles. The van der Waals surface area contributed by atoms with Crippen LogP contribution in [0.5, 0.6) is 17.2 Å². The van der Waals surface area contributed by atoms with Crippen molar-refractivity contribution in [3.05, 3.63) is 117 Å². The Balaban J connectivity index is 1.37. The fourth-order valence-corrected chi connectivity index (χ4v) is 7.00. The van der Waals surface area contributed by atoms with E-state index < -0.39 is 11.7 Å². The third-order valence-corrected chi connectivity index (χ3v) is 9.75. The summed E-state index contributed by atoms with van der Waals surface area (Å²) in [6, 6.07) is 19.6. The minimum atomic E-state index is -4.77. The number of alkyl halides is 3. The van der Waals surface area contributed by atoms with Crippen molar-refractivity contribution in [3.8, 4) is 28.5 Å². The van der Waals surface area contributed by atoms with Gasteiger partial charge in [-0.1, -0.05) is 47.5 Å². The van der Waals surface area contributed by atoms with Gasteiger partial charge in [0.05, 0.1) is 53.0 Å². The molecule has 0 amide bonds. The maximum absolute atomic E-state index is 15.0. The van der Waals surface area contributed by atoms with Crippen LogP contribution in [0.4, 0.5) is 30.6 Å². The summed E-state index contributed by atoms with van der Waals surface area (Å²) in [5, 5.41) is 0.818. The molecule has 54 heavy (non-hydrogen) atoms. The van der Waals surface area contributed by atoms with E-state index in [-0.39, 0.29) is 40.7 Å². The van der Waals surface area contributed by atoms with E-state index in [1.165, 1.54) is 31.6 Å². The molecule has 0 radical (unpaired) electrons. The van der Waals surface area contributed by atoms with E-state index in [1.54, 1.807) is 20.3 Å². The Morgan fingerprint density at radius 3 is 2.17 bits per heavy atom. The summed E-state index contributed by atoms with van der Waals surface area (Å²) in [5.74, 6) is 2.61. The second-order valence-electron chi connectivity index (χ2n) is 12.7. The van der Waals surface area contributed by atoms with Crippen molar-refractivity contribution in [1.82, 2.24) is 19.9 Å². The lowest BCUT2D eigenvalue weighted by atomic mass is 9.98. The number of nitrogens with two attached hydrogens (primary N) is 1. The monoisotopic (exact) mass is 775 g/mol. The van der Waals surface area contributed by atoms with Crippen molar-refractivity contribution in [2.75, 3.05) is 42.9 Å². The first kappa shape index (κ1) is 36.8. The Kier molecular flexibility index (Phi) is 10.3. The fraction of sp³-hybridized carbons (Fsp3) is 0.231. The number of aromatic nitrogens is 4. The number of rotatable bonds is 10. The molecule has 4 heterocycles. The summed E-state index contributed by atoms with van der Waals surface area (Å²) in [6.07, 6.45) is -1.96. The van der Waals surface area contributed by atoms with Gasteiger partial charge in [-0.3, -0.25) is 0 Å². The van der Waals surface area contributed by atoms with Crippen molar-refractivity contribution in [1.29, 1.82) is 0 Å². The van der Waals surface area contributed by atoms with Gasteiger partial charge in [0.25, 0.3) is 0 Å². The number of nitrogen functional groups attached to an aromatic ring is 1. The van der Waals surface area contributed by atoms with E-state index in [0.29, 0.717) is 70.1 Å². The number of ether oxygens (including phenoxy) is 3. The molecule has 2 N–H and O–H groups in total. The first-order valence-electron chi connectivity index (χ1n) is 16.8. The number of hydrogen-bond donors (Lipinski definition) is 1. The lowest BCUT2D eigenvalue weighted by Gasteiger charge is -2.27. The molecule has 0 saturated carbocycles. The van der Waals surface area contributed by atoms with E-state index >= 15 is 13.2 Å². The average Bonchev–Trinajstić information content (AvgIpc) is 3.34. The van der Waals surface area contributed by atoms with Crippen molar-refractivity contribution >= 4 is 51.6 Å². The number of pyridine rings is 2. The van der Waals surface area contributed by atoms with Crippen LogP contribution in [0.1, 0.15) is 27.8 Å². The number of anilines is 3. The smallest absolute Gasteiger partial charge is 0.418 e. The third-order valence-electron chi connectivity index (χ3n) is 9.17. The van der Waals surface area contributed by atoms with Crippen LogP contribution in [-0.2, 0) is 25.8 Å². The number of benzene rings is 3. The molecular weight excluding hydrogens is 742 g/mol. The molecule has 1 aliphatic heterocycles. The molecule has 278 valence electrons. The van der Waals surface area contributed by atoms with Crippen LogP contribution >= 0.6 is 23.2 Å². The Morgan fingerprint density at radius 1 is 0.907 bits per heavy atom. The molecule has 0 unspecified atom stereocenters. The lowest BCUT2D eigenvalue weighted by molar-refractivity contribution is -0.137. The van der Waals surface area contributed by atoms with Crippen molar-refractivity contribution in [2.45, 2.75) is 32.7 Å². The summed E-state index contributed by atoms with van der Waals surface area (Å²) in [4.78, 5) is 21.7. The number of hydrogen-bond acceptors (Lipinski definition) is 10. The number of aryl methyl sites for hydroxylation is 1.